The van der Waals surface area contributed by atoms with Crippen molar-refractivity contribution in [1.82, 2.24) is 5.32 Å². The van der Waals surface area contributed by atoms with Crippen LogP contribution in [0.2, 0.25) is 0 Å². The molecule has 0 amide bonds. The molecule has 0 radical (unpaired) electrons. The molecule has 1 aromatic heterocycles. The highest BCUT2D eigenvalue weighted by Gasteiger charge is 2.06. The summed E-state index contributed by atoms with van der Waals surface area (Å²) in [5.74, 6) is 2.01. The molecular formula is C17H24N2O. The number of aryl methyl sites for hydroxylation is 1. The van der Waals surface area contributed by atoms with E-state index in [1.165, 1.54) is 11.3 Å². The number of nitrogens with zero attached hydrogens (tertiary/aromatic N) is 1. The van der Waals surface area contributed by atoms with Crippen molar-refractivity contribution in [2.45, 2.75) is 33.4 Å². The molecule has 0 saturated heterocycles. The smallest absolute Gasteiger partial charge is 0.123 e. The summed E-state index contributed by atoms with van der Waals surface area (Å²) in [6.45, 7) is 6.90. The Labute approximate surface area is 121 Å². The highest BCUT2D eigenvalue weighted by molar-refractivity contribution is 5.47. The molecule has 0 fully saturated rings. The van der Waals surface area contributed by atoms with Crippen molar-refractivity contribution in [2.75, 3.05) is 18.5 Å². The van der Waals surface area contributed by atoms with Gasteiger partial charge >= 0.3 is 0 Å². The van der Waals surface area contributed by atoms with Crippen LogP contribution in [0.5, 0.6) is 0 Å². The van der Waals surface area contributed by atoms with Crippen LogP contribution >= 0.6 is 0 Å². The van der Waals surface area contributed by atoms with Gasteiger partial charge in [0.15, 0.2) is 0 Å². The van der Waals surface area contributed by atoms with Gasteiger partial charge < -0.3 is 14.6 Å². The normalized spacial score (nSPS) is 10.8. The largest absolute Gasteiger partial charge is 0.463 e. The molecule has 3 heteroatoms. The Balaban J connectivity index is 1.92. The Bertz CT molecular complexity index is 533. The molecule has 2 aromatic rings. The second kappa shape index (κ2) is 7.15. The molecule has 3 nitrogen and oxygen atoms in total. The minimum absolute atomic E-state index is 0.789. The van der Waals surface area contributed by atoms with Gasteiger partial charge in [0.05, 0.1) is 13.1 Å². The summed E-state index contributed by atoms with van der Waals surface area (Å²) in [6.07, 6.45) is 1.14. The van der Waals surface area contributed by atoms with Gasteiger partial charge in [-0.1, -0.05) is 19.1 Å². The molecule has 0 aliphatic heterocycles. The summed E-state index contributed by atoms with van der Waals surface area (Å²) in [4.78, 5) is 2.20. The Morgan fingerprint density at radius 3 is 2.70 bits per heavy atom. The topological polar surface area (TPSA) is 28.4 Å². The third-order valence-corrected chi connectivity index (χ3v) is 3.28. The zero-order valence-electron chi connectivity index (χ0n) is 12.6. The highest BCUT2D eigenvalue weighted by Crippen LogP contribution is 2.18. The molecule has 1 N–H and O–H groups in total. The molecule has 0 bridgehead atoms. The van der Waals surface area contributed by atoms with Crippen LogP contribution < -0.4 is 10.2 Å². The summed E-state index contributed by atoms with van der Waals surface area (Å²) in [7, 11) is 2.09. The maximum atomic E-state index is 5.85. The van der Waals surface area contributed by atoms with Gasteiger partial charge in [0.2, 0.25) is 0 Å². The van der Waals surface area contributed by atoms with Gasteiger partial charge in [-0.2, -0.15) is 0 Å². The second-order valence-corrected chi connectivity index (χ2v) is 5.24. The van der Waals surface area contributed by atoms with Crippen LogP contribution in [-0.4, -0.2) is 13.6 Å². The van der Waals surface area contributed by atoms with E-state index in [4.69, 9.17) is 4.42 Å². The van der Waals surface area contributed by atoms with Gasteiger partial charge in [0, 0.05) is 12.7 Å². The molecule has 20 heavy (non-hydrogen) atoms. The van der Waals surface area contributed by atoms with Crippen LogP contribution in [0.1, 0.15) is 30.4 Å². The van der Waals surface area contributed by atoms with E-state index in [2.05, 4.69) is 67.5 Å². The van der Waals surface area contributed by atoms with Gasteiger partial charge in [-0.3, -0.25) is 0 Å². The Hall–Kier alpha value is -1.74. The lowest BCUT2D eigenvalue weighted by molar-refractivity contribution is 0.446. The number of furan rings is 1. The zero-order chi connectivity index (χ0) is 14.4. The van der Waals surface area contributed by atoms with Crippen molar-refractivity contribution in [1.29, 1.82) is 0 Å². The number of hydrogen-bond donors (Lipinski definition) is 1. The average molecular weight is 272 g/mol. The third kappa shape index (κ3) is 4.14. The van der Waals surface area contributed by atoms with Gasteiger partial charge in [0.1, 0.15) is 11.5 Å². The number of hydrogen-bond acceptors (Lipinski definition) is 3. The van der Waals surface area contributed by atoms with Crippen LogP contribution in [0.4, 0.5) is 5.69 Å². The first-order valence-corrected chi connectivity index (χ1v) is 7.25. The lowest BCUT2D eigenvalue weighted by Gasteiger charge is -2.18. The van der Waals surface area contributed by atoms with E-state index in [-0.39, 0.29) is 0 Å². The fourth-order valence-electron chi connectivity index (χ4n) is 2.18. The molecule has 0 aliphatic rings. The third-order valence-electron chi connectivity index (χ3n) is 3.28. The van der Waals surface area contributed by atoms with E-state index < -0.39 is 0 Å². The van der Waals surface area contributed by atoms with Gasteiger partial charge in [-0.25, -0.2) is 0 Å². The Morgan fingerprint density at radius 2 is 1.95 bits per heavy atom. The van der Waals surface area contributed by atoms with E-state index in [0.29, 0.717) is 0 Å². The van der Waals surface area contributed by atoms with E-state index in [1.54, 1.807) is 0 Å². The Morgan fingerprint density at radius 1 is 1.15 bits per heavy atom. The van der Waals surface area contributed by atoms with Crippen molar-refractivity contribution in [2.24, 2.45) is 0 Å². The predicted octanol–water partition coefficient (Wildman–Crippen LogP) is 3.72. The standard InChI is InChI=1S/C17H24N2O/c1-4-10-18-12-16-8-9-17(20-16)13-19(3)15-7-5-6-14(2)11-15/h5-9,11,18H,4,10,12-13H2,1-3H3. The van der Waals surface area contributed by atoms with Crippen LogP contribution in [0, 0.1) is 6.92 Å². The molecule has 108 valence electrons. The monoisotopic (exact) mass is 272 g/mol. The fourth-order valence-corrected chi connectivity index (χ4v) is 2.18. The van der Waals surface area contributed by atoms with Crippen molar-refractivity contribution < 1.29 is 4.42 Å². The molecule has 2 rings (SSSR count). The van der Waals surface area contributed by atoms with Crippen LogP contribution in [0.3, 0.4) is 0 Å². The second-order valence-electron chi connectivity index (χ2n) is 5.24. The minimum Gasteiger partial charge on any atom is -0.463 e. The molecule has 0 aliphatic carbocycles. The molecule has 0 spiro atoms. The minimum atomic E-state index is 0.789. The number of benzene rings is 1. The number of nitrogens with one attached hydrogen (secondary N) is 1. The molecule has 1 aromatic carbocycles. The summed E-state index contributed by atoms with van der Waals surface area (Å²) < 4.78 is 5.85. The maximum Gasteiger partial charge on any atom is 0.123 e. The van der Waals surface area contributed by atoms with E-state index >= 15 is 0 Å². The van der Waals surface area contributed by atoms with Gasteiger partial charge in [0.25, 0.3) is 0 Å². The Kier molecular flexibility index (Phi) is 5.24. The van der Waals surface area contributed by atoms with Crippen LogP contribution in [-0.2, 0) is 13.1 Å². The molecule has 0 atom stereocenters. The lowest BCUT2D eigenvalue weighted by Crippen LogP contribution is -2.16. The quantitative estimate of drug-likeness (QED) is 0.779. The van der Waals surface area contributed by atoms with Gasteiger partial charge in [-0.15, -0.1) is 0 Å². The summed E-state index contributed by atoms with van der Waals surface area (Å²) >= 11 is 0. The van der Waals surface area contributed by atoms with Crippen molar-refractivity contribution >= 4 is 5.69 Å². The summed E-state index contributed by atoms with van der Waals surface area (Å²) in [5.41, 5.74) is 2.49. The summed E-state index contributed by atoms with van der Waals surface area (Å²) in [6, 6.07) is 12.6. The van der Waals surface area contributed by atoms with Crippen molar-refractivity contribution in [3.63, 3.8) is 0 Å². The maximum absolute atomic E-state index is 5.85. The average Bonchev–Trinajstić information content (AvgIpc) is 2.86. The van der Waals surface area contributed by atoms with E-state index in [0.717, 1.165) is 37.6 Å². The lowest BCUT2D eigenvalue weighted by atomic mass is 10.2. The first-order valence-electron chi connectivity index (χ1n) is 7.25. The van der Waals surface area contributed by atoms with E-state index in [9.17, 15) is 0 Å². The molecule has 0 saturated carbocycles. The SMILES string of the molecule is CCCNCc1ccc(CN(C)c2cccc(C)c2)o1. The molecule has 1 heterocycles. The van der Waals surface area contributed by atoms with Crippen molar-refractivity contribution in [3.8, 4) is 0 Å². The predicted molar refractivity (Wildman–Crippen MR) is 84.0 cm³/mol. The molecular weight excluding hydrogens is 248 g/mol. The van der Waals surface area contributed by atoms with Crippen LogP contribution in [0.15, 0.2) is 40.8 Å². The first kappa shape index (κ1) is 14.7. The van der Waals surface area contributed by atoms with E-state index in [1.807, 2.05) is 0 Å². The number of anilines is 1. The number of rotatable bonds is 7. The fraction of sp³-hybridized carbons (Fsp3) is 0.412. The van der Waals surface area contributed by atoms with Gasteiger partial charge in [-0.05, 0) is 49.7 Å². The summed E-state index contributed by atoms with van der Waals surface area (Å²) in [5, 5.41) is 3.35. The first-order chi connectivity index (χ1) is 9.69. The van der Waals surface area contributed by atoms with Crippen molar-refractivity contribution in [3.05, 3.63) is 53.5 Å². The zero-order valence-corrected chi connectivity index (χ0v) is 12.6. The van der Waals surface area contributed by atoms with Crippen LogP contribution in [0.25, 0.3) is 0 Å². The molecule has 0 unspecified atom stereocenters. The highest BCUT2D eigenvalue weighted by atomic mass is 16.3.